The summed E-state index contributed by atoms with van der Waals surface area (Å²) < 4.78 is 33.5. The molecule has 0 atom stereocenters. The van der Waals surface area contributed by atoms with E-state index in [0.29, 0.717) is 37.0 Å². The van der Waals surface area contributed by atoms with E-state index in [-0.39, 0.29) is 6.54 Å². The lowest BCUT2D eigenvalue weighted by atomic mass is 10.1. The molecule has 0 amide bonds. The van der Waals surface area contributed by atoms with E-state index in [4.69, 9.17) is 9.72 Å². The summed E-state index contributed by atoms with van der Waals surface area (Å²) in [4.78, 5) is 11.6. The highest BCUT2D eigenvalue weighted by molar-refractivity contribution is 7.89. The summed E-state index contributed by atoms with van der Waals surface area (Å²) in [5.41, 5.74) is 1.81. The number of benzene rings is 2. The summed E-state index contributed by atoms with van der Waals surface area (Å²) in [6.07, 6.45) is 2.46. The summed E-state index contributed by atoms with van der Waals surface area (Å²) in [5, 5.41) is 1.95. The van der Waals surface area contributed by atoms with Gasteiger partial charge >= 0.3 is 0 Å². The Balaban J connectivity index is 1.44. The summed E-state index contributed by atoms with van der Waals surface area (Å²) >= 11 is 0. The maximum absolute atomic E-state index is 13.3. The second-order valence-corrected chi connectivity index (χ2v) is 9.28. The maximum atomic E-state index is 13.3. The molecule has 0 N–H and O–H groups in total. The van der Waals surface area contributed by atoms with Crippen LogP contribution in [0.15, 0.2) is 53.6 Å². The summed E-state index contributed by atoms with van der Waals surface area (Å²) in [7, 11) is -3.59. The Morgan fingerprint density at radius 3 is 2.59 bits per heavy atom. The lowest BCUT2D eigenvalue weighted by Gasteiger charge is -2.30. The molecule has 2 aliphatic rings. The molecule has 150 valence electrons. The van der Waals surface area contributed by atoms with Gasteiger partial charge in [0.25, 0.3) is 0 Å². The Hall–Kier alpha value is -2.55. The van der Waals surface area contributed by atoms with Gasteiger partial charge in [-0.25, -0.2) is 18.4 Å². The minimum atomic E-state index is -3.59. The zero-order valence-corrected chi connectivity index (χ0v) is 16.8. The molecule has 1 saturated heterocycles. The van der Waals surface area contributed by atoms with Crippen LogP contribution in [0.3, 0.4) is 0 Å². The number of aromatic nitrogens is 2. The van der Waals surface area contributed by atoms with Crippen molar-refractivity contribution >= 4 is 26.7 Å². The highest BCUT2D eigenvalue weighted by Gasteiger charge is 2.30. The van der Waals surface area contributed by atoms with E-state index < -0.39 is 10.0 Å². The van der Waals surface area contributed by atoms with Crippen LogP contribution in [0.5, 0.6) is 0 Å². The molecule has 0 aliphatic carbocycles. The van der Waals surface area contributed by atoms with Gasteiger partial charge in [-0.3, -0.25) is 0 Å². The first-order valence-electron chi connectivity index (χ1n) is 9.78. The van der Waals surface area contributed by atoms with Crippen LogP contribution in [-0.2, 0) is 27.7 Å². The van der Waals surface area contributed by atoms with Crippen molar-refractivity contribution in [1.82, 2.24) is 14.3 Å². The number of morpholine rings is 1. The third-order valence-corrected chi connectivity index (χ3v) is 7.39. The number of nitrogens with zero attached hydrogens (tertiary/aromatic N) is 4. The average molecular weight is 410 g/mol. The van der Waals surface area contributed by atoms with Crippen LogP contribution in [-0.4, -0.2) is 55.5 Å². The highest BCUT2D eigenvalue weighted by Crippen LogP contribution is 2.27. The molecule has 3 aromatic rings. The molecular weight excluding hydrogens is 388 g/mol. The Bertz CT molecular complexity index is 1160. The molecule has 29 heavy (non-hydrogen) atoms. The molecule has 8 heteroatoms. The first kappa shape index (κ1) is 18.5. The standard InChI is InChI=1S/C21H22N4O3S/c26-29(27,19-6-5-16-3-1-2-4-17(16)13-19)25-8-7-18-14-22-21(23-20(18)15-25)24-9-11-28-12-10-24/h1-6,13-14H,7-12,15H2. The average Bonchev–Trinajstić information content (AvgIpc) is 2.78. The predicted molar refractivity (Wildman–Crippen MR) is 110 cm³/mol. The third kappa shape index (κ3) is 3.48. The third-order valence-electron chi connectivity index (χ3n) is 5.55. The van der Waals surface area contributed by atoms with E-state index in [1.54, 1.807) is 12.1 Å². The van der Waals surface area contributed by atoms with Crippen molar-refractivity contribution in [2.45, 2.75) is 17.9 Å². The SMILES string of the molecule is O=S(=O)(c1ccc2ccccc2c1)N1CCc2cnc(N3CCOCC3)nc2C1. The number of anilines is 1. The second kappa shape index (κ2) is 7.37. The predicted octanol–water partition coefficient (Wildman–Crippen LogP) is 2.21. The zero-order chi connectivity index (χ0) is 19.8. The maximum Gasteiger partial charge on any atom is 0.243 e. The molecule has 2 aromatic carbocycles. The van der Waals surface area contributed by atoms with Gasteiger partial charge in [0.05, 0.1) is 30.3 Å². The number of hydrogen-bond acceptors (Lipinski definition) is 6. The van der Waals surface area contributed by atoms with Crippen molar-refractivity contribution in [2.24, 2.45) is 0 Å². The van der Waals surface area contributed by atoms with E-state index in [9.17, 15) is 8.42 Å². The van der Waals surface area contributed by atoms with Gasteiger partial charge in [0, 0.05) is 25.8 Å². The topological polar surface area (TPSA) is 75.6 Å². The first-order chi connectivity index (χ1) is 14.1. The fourth-order valence-electron chi connectivity index (χ4n) is 3.87. The van der Waals surface area contributed by atoms with Crippen molar-refractivity contribution in [2.75, 3.05) is 37.7 Å². The summed E-state index contributed by atoms with van der Waals surface area (Å²) in [6, 6.07) is 13.1. The monoisotopic (exact) mass is 410 g/mol. The quantitative estimate of drug-likeness (QED) is 0.659. The van der Waals surface area contributed by atoms with E-state index in [0.717, 1.165) is 35.1 Å². The van der Waals surface area contributed by atoms with E-state index in [1.165, 1.54) is 4.31 Å². The van der Waals surface area contributed by atoms with Gasteiger partial charge in [0.2, 0.25) is 16.0 Å². The lowest BCUT2D eigenvalue weighted by Crippen LogP contribution is -2.39. The minimum Gasteiger partial charge on any atom is -0.378 e. The van der Waals surface area contributed by atoms with Crippen molar-refractivity contribution in [3.63, 3.8) is 0 Å². The van der Waals surface area contributed by atoms with Crippen molar-refractivity contribution < 1.29 is 13.2 Å². The van der Waals surface area contributed by atoms with Gasteiger partial charge in [0.15, 0.2) is 0 Å². The van der Waals surface area contributed by atoms with Crippen LogP contribution < -0.4 is 4.90 Å². The second-order valence-electron chi connectivity index (χ2n) is 7.34. The van der Waals surface area contributed by atoms with Crippen molar-refractivity contribution in [1.29, 1.82) is 0 Å². The van der Waals surface area contributed by atoms with Crippen molar-refractivity contribution in [3.05, 3.63) is 59.9 Å². The Morgan fingerprint density at radius 1 is 0.966 bits per heavy atom. The number of fused-ring (bicyclic) bond motifs is 2. The smallest absolute Gasteiger partial charge is 0.243 e. The van der Waals surface area contributed by atoms with Crippen LogP contribution in [0.4, 0.5) is 5.95 Å². The van der Waals surface area contributed by atoms with Crippen molar-refractivity contribution in [3.8, 4) is 0 Å². The largest absolute Gasteiger partial charge is 0.378 e. The molecule has 7 nitrogen and oxygen atoms in total. The molecule has 5 rings (SSSR count). The molecule has 0 bridgehead atoms. The molecule has 1 aromatic heterocycles. The molecule has 0 unspecified atom stereocenters. The Kier molecular flexibility index (Phi) is 4.69. The molecule has 0 radical (unpaired) electrons. The van der Waals surface area contributed by atoms with Crippen LogP contribution in [0, 0.1) is 0 Å². The molecule has 3 heterocycles. The van der Waals surface area contributed by atoms with Gasteiger partial charge in [-0.1, -0.05) is 30.3 Å². The lowest BCUT2D eigenvalue weighted by molar-refractivity contribution is 0.122. The number of hydrogen-bond donors (Lipinski definition) is 0. The summed E-state index contributed by atoms with van der Waals surface area (Å²) in [6.45, 7) is 3.51. The number of sulfonamides is 1. The molecular formula is C21H22N4O3S. The van der Waals surface area contributed by atoms with Gasteiger partial charge in [-0.15, -0.1) is 0 Å². The molecule has 0 saturated carbocycles. The fraction of sp³-hybridized carbons (Fsp3) is 0.333. The van der Waals surface area contributed by atoms with E-state index >= 15 is 0 Å². The van der Waals surface area contributed by atoms with Crippen LogP contribution in [0.25, 0.3) is 10.8 Å². The number of ether oxygens (including phenoxy) is 1. The van der Waals surface area contributed by atoms with Gasteiger partial charge in [-0.05, 0) is 34.9 Å². The van der Waals surface area contributed by atoms with Gasteiger partial charge in [-0.2, -0.15) is 4.31 Å². The van der Waals surface area contributed by atoms with Crippen LogP contribution >= 0.6 is 0 Å². The minimum absolute atomic E-state index is 0.268. The number of rotatable bonds is 3. The normalized spacial score (nSPS) is 18.0. The van der Waals surface area contributed by atoms with Crippen LogP contribution in [0.2, 0.25) is 0 Å². The van der Waals surface area contributed by atoms with Gasteiger partial charge < -0.3 is 9.64 Å². The molecule has 0 spiro atoms. The van der Waals surface area contributed by atoms with E-state index in [1.807, 2.05) is 36.5 Å². The molecule has 1 fully saturated rings. The van der Waals surface area contributed by atoms with E-state index in [2.05, 4.69) is 9.88 Å². The fourth-order valence-corrected chi connectivity index (χ4v) is 5.30. The van der Waals surface area contributed by atoms with Crippen LogP contribution in [0.1, 0.15) is 11.3 Å². The zero-order valence-electron chi connectivity index (χ0n) is 16.0. The Morgan fingerprint density at radius 2 is 1.76 bits per heavy atom. The summed E-state index contributed by atoms with van der Waals surface area (Å²) in [5.74, 6) is 0.650. The first-order valence-corrected chi connectivity index (χ1v) is 11.2. The van der Waals surface area contributed by atoms with Gasteiger partial charge in [0.1, 0.15) is 0 Å². The molecule has 2 aliphatic heterocycles. The Labute approximate surface area is 170 Å². The highest BCUT2D eigenvalue weighted by atomic mass is 32.2.